The molecule has 2 heterocycles. The molecule has 0 spiro atoms. The number of rotatable bonds is 9. The number of nitrogens with zero attached hydrogens (tertiary/aromatic N) is 3. The second-order valence-electron chi connectivity index (χ2n) is 10.2. The van der Waals surface area contributed by atoms with Crippen molar-refractivity contribution >= 4 is 26.9 Å². The minimum atomic E-state index is -3.73. The van der Waals surface area contributed by atoms with E-state index < -0.39 is 16.0 Å². The number of ether oxygens (including phenoxy) is 2. The molecular weight excluding hydrogens is 494 g/mol. The van der Waals surface area contributed by atoms with Crippen molar-refractivity contribution in [3.8, 4) is 11.5 Å². The highest BCUT2D eigenvalue weighted by Gasteiger charge is 2.46. The van der Waals surface area contributed by atoms with Crippen LogP contribution in [0.1, 0.15) is 44.8 Å². The van der Waals surface area contributed by atoms with Crippen LogP contribution in [0.15, 0.2) is 47.4 Å². The van der Waals surface area contributed by atoms with Crippen molar-refractivity contribution in [1.29, 1.82) is 0 Å². The summed E-state index contributed by atoms with van der Waals surface area (Å²) in [6.45, 7) is 4.54. The number of hydrogen-bond acceptors (Lipinski definition) is 6. The highest BCUT2D eigenvalue weighted by Crippen LogP contribution is 2.45. The maximum atomic E-state index is 13.7. The lowest BCUT2D eigenvalue weighted by molar-refractivity contribution is -0.136. The summed E-state index contributed by atoms with van der Waals surface area (Å²) in [4.78, 5) is 11.8. The molecule has 2 atom stereocenters. The van der Waals surface area contributed by atoms with Gasteiger partial charge in [-0.25, -0.2) is 8.42 Å². The van der Waals surface area contributed by atoms with Gasteiger partial charge in [-0.3, -0.25) is 9.48 Å². The SMILES string of the molecule is COc1ccc2c(c1)c(CC(=O)O)nn2[C@H]1CN(S(=O)(=O)c2ccc(OC(C)C)cc2)CC1C1CCC1. The van der Waals surface area contributed by atoms with Crippen molar-refractivity contribution in [2.24, 2.45) is 11.8 Å². The highest BCUT2D eigenvalue weighted by molar-refractivity contribution is 7.89. The lowest BCUT2D eigenvalue weighted by atomic mass is 9.74. The van der Waals surface area contributed by atoms with Gasteiger partial charge in [-0.05, 0) is 68.1 Å². The first-order valence-corrected chi connectivity index (χ1v) is 14.1. The highest BCUT2D eigenvalue weighted by atomic mass is 32.2. The Morgan fingerprint density at radius 3 is 2.41 bits per heavy atom. The molecule has 0 bridgehead atoms. The summed E-state index contributed by atoms with van der Waals surface area (Å²) < 4.78 is 41.8. The van der Waals surface area contributed by atoms with Crippen LogP contribution in [-0.4, -0.2) is 59.9 Å². The van der Waals surface area contributed by atoms with Gasteiger partial charge >= 0.3 is 5.97 Å². The summed E-state index contributed by atoms with van der Waals surface area (Å²) >= 11 is 0. The van der Waals surface area contributed by atoms with Gasteiger partial charge in [0, 0.05) is 18.5 Å². The number of aromatic nitrogens is 2. The van der Waals surface area contributed by atoms with Crippen molar-refractivity contribution in [3.63, 3.8) is 0 Å². The number of sulfonamides is 1. The minimum Gasteiger partial charge on any atom is -0.497 e. The van der Waals surface area contributed by atoms with Crippen molar-refractivity contribution in [3.05, 3.63) is 48.2 Å². The molecule has 10 heteroatoms. The molecule has 1 aliphatic heterocycles. The smallest absolute Gasteiger partial charge is 0.309 e. The third-order valence-corrected chi connectivity index (χ3v) is 9.36. The van der Waals surface area contributed by atoms with E-state index in [-0.39, 0.29) is 35.9 Å². The number of hydrogen-bond donors (Lipinski definition) is 1. The summed E-state index contributed by atoms with van der Waals surface area (Å²) in [5, 5.41) is 14.9. The molecule has 1 unspecified atom stereocenters. The predicted molar refractivity (Wildman–Crippen MR) is 138 cm³/mol. The summed E-state index contributed by atoms with van der Waals surface area (Å²) in [5.74, 6) is 0.785. The average Bonchev–Trinajstić information content (AvgIpc) is 3.39. The molecule has 2 fully saturated rings. The van der Waals surface area contributed by atoms with Gasteiger partial charge in [0.25, 0.3) is 0 Å². The van der Waals surface area contributed by atoms with Gasteiger partial charge in [-0.2, -0.15) is 9.40 Å². The Morgan fingerprint density at radius 2 is 1.81 bits per heavy atom. The van der Waals surface area contributed by atoms with Crippen LogP contribution in [0.3, 0.4) is 0 Å². The van der Waals surface area contributed by atoms with Gasteiger partial charge in [0.05, 0.1) is 41.8 Å². The first-order chi connectivity index (χ1) is 17.7. The van der Waals surface area contributed by atoms with Gasteiger partial charge < -0.3 is 14.6 Å². The Kier molecular flexibility index (Phi) is 6.89. The Hall–Kier alpha value is -3.11. The zero-order chi connectivity index (χ0) is 26.3. The standard InChI is InChI=1S/C27H33N3O6S/c1-17(2)36-19-7-10-21(11-8-19)37(33,34)29-15-23(18-5-4-6-18)26(16-29)30-25-12-9-20(35-3)13-22(25)24(28-30)14-27(31)32/h7-13,17-18,23,26H,4-6,14-16H2,1-3H3,(H,31,32)/t23?,26-/m0/s1. The van der Waals surface area contributed by atoms with Crippen LogP contribution in [-0.2, 0) is 21.2 Å². The van der Waals surface area contributed by atoms with Crippen LogP contribution in [0.4, 0.5) is 0 Å². The molecule has 0 radical (unpaired) electrons. The topological polar surface area (TPSA) is 111 Å². The van der Waals surface area contributed by atoms with E-state index in [1.807, 2.05) is 30.7 Å². The zero-order valence-corrected chi connectivity index (χ0v) is 22.1. The van der Waals surface area contributed by atoms with Crippen molar-refractivity contribution in [2.75, 3.05) is 20.2 Å². The third kappa shape index (κ3) is 4.92. The number of benzene rings is 2. The van der Waals surface area contributed by atoms with Crippen LogP contribution in [0.2, 0.25) is 0 Å². The normalized spacial score (nSPS) is 20.9. The molecule has 3 aromatic rings. The molecule has 2 aromatic carbocycles. The lowest BCUT2D eigenvalue weighted by Gasteiger charge is -2.34. The van der Waals surface area contributed by atoms with Crippen LogP contribution in [0.25, 0.3) is 10.9 Å². The van der Waals surface area contributed by atoms with Crippen molar-refractivity contribution in [1.82, 2.24) is 14.1 Å². The van der Waals surface area contributed by atoms with Gasteiger partial charge in [0.1, 0.15) is 11.5 Å². The van der Waals surface area contributed by atoms with Crippen LogP contribution in [0.5, 0.6) is 11.5 Å². The van der Waals surface area contributed by atoms with Gasteiger partial charge in [0.15, 0.2) is 0 Å². The summed E-state index contributed by atoms with van der Waals surface area (Å²) in [6.07, 6.45) is 3.04. The quantitative estimate of drug-likeness (QED) is 0.446. The first-order valence-electron chi connectivity index (χ1n) is 12.7. The molecule has 1 saturated carbocycles. The minimum absolute atomic E-state index is 0.0000815. The lowest BCUT2D eigenvalue weighted by Crippen LogP contribution is -2.31. The number of carbonyl (C=O) groups is 1. The second kappa shape index (κ2) is 9.98. The fourth-order valence-electron chi connectivity index (χ4n) is 5.51. The molecule has 9 nitrogen and oxygen atoms in total. The number of fused-ring (bicyclic) bond motifs is 1. The van der Waals surface area contributed by atoms with E-state index in [0.29, 0.717) is 29.7 Å². The molecule has 37 heavy (non-hydrogen) atoms. The fourth-order valence-corrected chi connectivity index (χ4v) is 7.01. The zero-order valence-electron chi connectivity index (χ0n) is 21.3. The second-order valence-corrected chi connectivity index (χ2v) is 12.2. The van der Waals surface area contributed by atoms with Crippen LogP contribution >= 0.6 is 0 Å². The summed E-state index contributed by atoms with van der Waals surface area (Å²) in [6, 6.07) is 11.9. The molecule has 5 rings (SSSR count). The number of carboxylic acids is 1. The van der Waals surface area contributed by atoms with E-state index in [4.69, 9.17) is 14.6 Å². The summed E-state index contributed by atoms with van der Waals surface area (Å²) in [7, 11) is -2.16. The van der Waals surface area contributed by atoms with E-state index in [2.05, 4.69) is 0 Å². The number of aliphatic carboxylic acids is 1. The van der Waals surface area contributed by atoms with Gasteiger partial charge in [-0.15, -0.1) is 0 Å². The molecule has 198 valence electrons. The maximum absolute atomic E-state index is 13.7. The number of methoxy groups -OCH3 is 1. The maximum Gasteiger partial charge on any atom is 0.309 e. The Morgan fingerprint density at radius 1 is 1.11 bits per heavy atom. The molecule has 1 aromatic heterocycles. The van der Waals surface area contributed by atoms with Gasteiger partial charge in [-0.1, -0.05) is 19.3 Å². The van der Waals surface area contributed by atoms with Crippen LogP contribution in [0, 0.1) is 11.8 Å². The molecule has 0 amide bonds. The van der Waals surface area contributed by atoms with E-state index in [1.165, 1.54) is 0 Å². The predicted octanol–water partition coefficient (Wildman–Crippen LogP) is 4.12. The molecule has 1 N–H and O–H groups in total. The van der Waals surface area contributed by atoms with Crippen molar-refractivity contribution < 1.29 is 27.8 Å². The van der Waals surface area contributed by atoms with E-state index in [1.54, 1.807) is 41.7 Å². The first kappa shape index (κ1) is 25.5. The van der Waals surface area contributed by atoms with E-state index in [9.17, 15) is 18.3 Å². The summed E-state index contributed by atoms with van der Waals surface area (Å²) in [5.41, 5.74) is 1.25. The van der Waals surface area contributed by atoms with Crippen molar-refractivity contribution in [2.45, 2.75) is 56.6 Å². The Bertz CT molecular complexity index is 1400. The van der Waals surface area contributed by atoms with E-state index >= 15 is 0 Å². The molecular formula is C27H33N3O6S. The molecule has 1 aliphatic carbocycles. The number of carboxylic acid groups (broad SMARTS) is 1. The fraction of sp³-hybridized carbons (Fsp3) is 0.481. The van der Waals surface area contributed by atoms with Gasteiger partial charge in [0.2, 0.25) is 10.0 Å². The van der Waals surface area contributed by atoms with Crippen LogP contribution < -0.4 is 9.47 Å². The Labute approximate surface area is 217 Å². The monoisotopic (exact) mass is 527 g/mol. The Balaban J connectivity index is 1.50. The van der Waals surface area contributed by atoms with E-state index in [0.717, 1.165) is 30.2 Å². The third-order valence-electron chi connectivity index (χ3n) is 7.51. The average molecular weight is 528 g/mol. The largest absolute Gasteiger partial charge is 0.497 e. The molecule has 2 aliphatic rings. The molecule has 1 saturated heterocycles.